The lowest BCUT2D eigenvalue weighted by atomic mass is 10.2. The van der Waals surface area contributed by atoms with Crippen LogP contribution >= 0.6 is 46.4 Å². The summed E-state index contributed by atoms with van der Waals surface area (Å²) < 4.78 is 6.01. The Hall–Kier alpha value is -2.69. The second kappa shape index (κ2) is 10.6. The van der Waals surface area contributed by atoms with Crippen LogP contribution in [-0.2, 0) is 0 Å². The molecule has 0 aliphatic heterocycles. The lowest BCUT2D eigenvalue weighted by Gasteiger charge is -2.12. The number of hydrogen-bond acceptors (Lipinski definition) is 4. The summed E-state index contributed by atoms with van der Waals surface area (Å²) in [6.07, 6.45) is 0. The molecule has 3 rings (SSSR count). The van der Waals surface area contributed by atoms with E-state index < -0.39 is 0 Å². The summed E-state index contributed by atoms with van der Waals surface area (Å²) >= 11 is 13.3. The van der Waals surface area contributed by atoms with Gasteiger partial charge in [-0.15, -0.1) is 0 Å². The lowest BCUT2D eigenvalue weighted by Crippen LogP contribution is -2.34. The van der Waals surface area contributed by atoms with E-state index >= 15 is 0 Å². The summed E-state index contributed by atoms with van der Waals surface area (Å²) in [5.74, 6) is 0.0346. The van der Waals surface area contributed by atoms with Gasteiger partial charge in [0.05, 0.1) is 10.7 Å². The number of thiocarbonyl (C=S) groups is 1. The van der Waals surface area contributed by atoms with Gasteiger partial charge in [0, 0.05) is 27.5 Å². The van der Waals surface area contributed by atoms with Crippen LogP contribution in [0.2, 0.25) is 5.02 Å². The van der Waals surface area contributed by atoms with Gasteiger partial charge in [0.2, 0.25) is 0 Å². The molecular formula is C22H17ClIN3O3S. The first-order valence-corrected chi connectivity index (χ1v) is 10.8. The Morgan fingerprint density at radius 3 is 2.26 bits per heavy atom. The molecule has 0 atom stereocenters. The zero-order chi connectivity index (χ0) is 22.4. The van der Waals surface area contributed by atoms with Crippen molar-refractivity contribution in [1.82, 2.24) is 5.32 Å². The van der Waals surface area contributed by atoms with E-state index in [-0.39, 0.29) is 16.9 Å². The summed E-state index contributed by atoms with van der Waals surface area (Å²) in [7, 11) is 1.57. The van der Waals surface area contributed by atoms with E-state index in [0.717, 1.165) is 3.57 Å². The molecule has 9 heteroatoms. The topological polar surface area (TPSA) is 79.5 Å². The summed E-state index contributed by atoms with van der Waals surface area (Å²) in [5.41, 5.74) is 2.02. The van der Waals surface area contributed by atoms with Crippen LogP contribution in [0.15, 0.2) is 66.7 Å². The van der Waals surface area contributed by atoms with E-state index in [1.54, 1.807) is 73.8 Å². The fourth-order valence-corrected chi connectivity index (χ4v) is 3.79. The average molecular weight is 566 g/mol. The van der Waals surface area contributed by atoms with Crippen LogP contribution < -0.4 is 20.7 Å². The lowest BCUT2D eigenvalue weighted by molar-refractivity contribution is 0.0976. The fourth-order valence-electron chi connectivity index (χ4n) is 2.65. The van der Waals surface area contributed by atoms with Gasteiger partial charge < -0.3 is 15.4 Å². The maximum absolute atomic E-state index is 12.5. The molecule has 158 valence electrons. The third kappa shape index (κ3) is 6.39. The van der Waals surface area contributed by atoms with Crippen LogP contribution in [0, 0.1) is 3.57 Å². The van der Waals surface area contributed by atoms with Gasteiger partial charge in [0.1, 0.15) is 5.75 Å². The van der Waals surface area contributed by atoms with Crippen molar-refractivity contribution >= 4 is 74.7 Å². The Labute approximate surface area is 203 Å². The molecule has 0 heterocycles. The van der Waals surface area contributed by atoms with Crippen LogP contribution in [0.3, 0.4) is 0 Å². The molecule has 2 amide bonds. The van der Waals surface area contributed by atoms with Crippen LogP contribution in [0.4, 0.5) is 11.4 Å². The smallest absolute Gasteiger partial charge is 0.257 e. The van der Waals surface area contributed by atoms with Gasteiger partial charge >= 0.3 is 0 Å². The number of carbonyl (C=O) groups excluding carboxylic acids is 2. The quantitative estimate of drug-likeness (QED) is 0.288. The highest BCUT2D eigenvalue weighted by atomic mass is 127. The molecule has 0 aromatic heterocycles. The molecule has 0 unspecified atom stereocenters. The summed E-state index contributed by atoms with van der Waals surface area (Å²) in [6, 6.07) is 18.7. The van der Waals surface area contributed by atoms with Gasteiger partial charge in [0.15, 0.2) is 5.11 Å². The number of rotatable bonds is 5. The van der Waals surface area contributed by atoms with Gasteiger partial charge in [-0.25, -0.2) is 0 Å². The largest absolute Gasteiger partial charge is 0.496 e. The molecule has 0 fully saturated rings. The van der Waals surface area contributed by atoms with E-state index in [1.807, 2.05) is 0 Å². The fraction of sp³-hybridized carbons (Fsp3) is 0.0455. The SMILES string of the molecule is COc1ccc(C(=O)NC(=S)Nc2cccc(C(=O)Nc3cccc(Cl)c3)c2)cc1I. The molecule has 0 bridgehead atoms. The van der Waals surface area contributed by atoms with E-state index in [1.165, 1.54) is 0 Å². The minimum absolute atomic E-state index is 0.114. The van der Waals surface area contributed by atoms with Crippen LogP contribution in [0.1, 0.15) is 20.7 Å². The van der Waals surface area contributed by atoms with Crippen LogP contribution in [0.5, 0.6) is 5.75 Å². The molecule has 3 aromatic carbocycles. The van der Waals surface area contributed by atoms with Crippen molar-refractivity contribution in [2.45, 2.75) is 0 Å². The third-order valence-electron chi connectivity index (χ3n) is 4.11. The second-order valence-corrected chi connectivity index (χ2v) is 8.31. The zero-order valence-corrected chi connectivity index (χ0v) is 20.0. The Bertz CT molecular complexity index is 1160. The van der Waals surface area contributed by atoms with E-state index in [9.17, 15) is 9.59 Å². The minimum atomic E-state index is -0.354. The molecule has 6 nitrogen and oxygen atoms in total. The molecule has 0 radical (unpaired) electrons. The molecule has 0 aliphatic carbocycles. The second-order valence-electron chi connectivity index (χ2n) is 6.30. The van der Waals surface area contributed by atoms with Crippen molar-refractivity contribution < 1.29 is 14.3 Å². The van der Waals surface area contributed by atoms with Crippen molar-refractivity contribution in [3.05, 3.63) is 86.4 Å². The number of carbonyl (C=O) groups is 2. The number of anilines is 2. The molecule has 0 saturated heterocycles. The standard InChI is InChI=1S/C22H17ClIN3O3S/c1-30-19-9-8-14(11-18(19)24)21(29)27-22(31)26-16-6-2-4-13(10-16)20(28)25-17-7-3-5-15(23)12-17/h2-12H,1H3,(H,25,28)(H2,26,27,29,31). The maximum atomic E-state index is 12.5. The predicted octanol–water partition coefficient (Wildman–Crippen LogP) is 5.33. The molecule has 0 aliphatic rings. The van der Waals surface area contributed by atoms with Crippen molar-refractivity contribution in [2.75, 3.05) is 17.7 Å². The highest BCUT2D eigenvalue weighted by molar-refractivity contribution is 14.1. The first-order chi connectivity index (χ1) is 14.9. The van der Waals surface area contributed by atoms with E-state index in [4.69, 9.17) is 28.6 Å². The number of hydrogen-bond donors (Lipinski definition) is 3. The monoisotopic (exact) mass is 565 g/mol. The Morgan fingerprint density at radius 2 is 1.58 bits per heavy atom. The average Bonchev–Trinajstić information content (AvgIpc) is 2.73. The van der Waals surface area contributed by atoms with Crippen LogP contribution in [0.25, 0.3) is 0 Å². The highest BCUT2D eigenvalue weighted by Gasteiger charge is 2.12. The number of nitrogens with one attached hydrogen (secondary N) is 3. The molecule has 0 spiro atoms. The molecule has 0 saturated carbocycles. The van der Waals surface area contributed by atoms with Crippen molar-refractivity contribution in [1.29, 1.82) is 0 Å². The number of methoxy groups -OCH3 is 1. The van der Waals surface area contributed by atoms with Crippen molar-refractivity contribution in [2.24, 2.45) is 0 Å². The first-order valence-electron chi connectivity index (χ1n) is 8.98. The third-order valence-corrected chi connectivity index (χ3v) is 5.39. The minimum Gasteiger partial charge on any atom is -0.496 e. The Kier molecular flexibility index (Phi) is 7.83. The van der Waals surface area contributed by atoms with Crippen molar-refractivity contribution in [3.63, 3.8) is 0 Å². The molecule has 3 N–H and O–H groups in total. The first kappa shape index (κ1) is 23.0. The summed E-state index contributed by atoms with van der Waals surface area (Å²) in [6.45, 7) is 0. The van der Waals surface area contributed by atoms with Crippen molar-refractivity contribution in [3.8, 4) is 5.75 Å². The predicted molar refractivity (Wildman–Crippen MR) is 135 cm³/mol. The van der Waals surface area contributed by atoms with E-state index in [0.29, 0.717) is 33.3 Å². The number of halogens is 2. The normalized spacial score (nSPS) is 10.2. The molecular weight excluding hydrogens is 549 g/mol. The van der Waals surface area contributed by atoms with Gasteiger partial charge in [-0.1, -0.05) is 23.7 Å². The van der Waals surface area contributed by atoms with Gasteiger partial charge in [-0.2, -0.15) is 0 Å². The van der Waals surface area contributed by atoms with E-state index in [2.05, 4.69) is 38.5 Å². The Morgan fingerprint density at radius 1 is 0.903 bits per heavy atom. The van der Waals surface area contributed by atoms with Crippen LogP contribution in [-0.4, -0.2) is 24.0 Å². The summed E-state index contributed by atoms with van der Waals surface area (Å²) in [4.78, 5) is 25.0. The maximum Gasteiger partial charge on any atom is 0.257 e. The van der Waals surface area contributed by atoms with Gasteiger partial charge in [-0.05, 0) is 89.4 Å². The number of amides is 2. The number of ether oxygens (including phenoxy) is 1. The zero-order valence-electron chi connectivity index (χ0n) is 16.2. The summed E-state index contributed by atoms with van der Waals surface area (Å²) in [5, 5.41) is 8.97. The Balaban J connectivity index is 1.63. The van der Waals surface area contributed by atoms with Gasteiger partial charge in [0.25, 0.3) is 11.8 Å². The van der Waals surface area contributed by atoms with Gasteiger partial charge in [-0.3, -0.25) is 14.9 Å². The molecule has 3 aromatic rings. The molecule has 31 heavy (non-hydrogen) atoms. The highest BCUT2D eigenvalue weighted by Crippen LogP contribution is 2.21. The number of benzene rings is 3.